The number of allylic oxidation sites excluding steroid dienone is 1. The average molecular weight is 467 g/mol. The lowest BCUT2D eigenvalue weighted by atomic mass is 9.58. The number of likely N-dealkylation sites (tertiary alicyclic amines) is 1. The second-order valence-corrected chi connectivity index (χ2v) is 12.8. The van der Waals surface area contributed by atoms with Gasteiger partial charge in [-0.1, -0.05) is 31.2 Å². The van der Waals surface area contributed by atoms with E-state index in [0.717, 1.165) is 6.04 Å². The Bertz CT molecular complexity index is 1260. The summed E-state index contributed by atoms with van der Waals surface area (Å²) in [6, 6.07) is 9.99. The molecule has 4 heterocycles. The van der Waals surface area contributed by atoms with E-state index in [4.69, 9.17) is 4.74 Å². The van der Waals surface area contributed by atoms with Crippen LogP contribution in [-0.2, 0) is 4.74 Å². The highest BCUT2D eigenvalue weighted by Crippen LogP contribution is 2.69. The van der Waals surface area contributed by atoms with Crippen LogP contribution in [0.1, 0.15) is 82.6 Å². The van der Waals surface area contributed by atoms with E-state index in [0.29, 0.717) is 11.8 Å². The van der Waals surface area contributed by atoms with Crippen molar-refractivity contribution in [1.29, 1.82) is 0 Å². The van der Waals surface area contributed by atoms with Gasteiger partial charge in [-0.15, -0.1) is 0 Å². The molecule has 0 N–H and O–H groups in total. The lowest BCUT2D eigenvalue weighted by molar-refractivity contribution is -0.140. The molecule has 3 aliphatic carbocycles. The van der Waals surface area contributed by atoms with Gasteiger partial charge in [0.1, 0.15) is 0 Å². The van der Waals surface area contributed by atoms with Crippen molar-refractivity contribution < 1.29 is 4.74 Å². The average Bonchev–Trinajstić information content (AvgIpc) is 3.60. The zero-order valence-corrected chi connectivity index (χ0v) is 21.1. The molecule has 35 heavy (non-hydrogen) atoms. The monoisotopic (exact) mass is 466 g/mol. The van der Waals surface area contributed by atoms with Gasteiger partial charge in [0.15, 0.2) is 0 Å². The van der Waals surface area contributed by atoms with Crippen molar-refractivity contribution in [2.45, 2.75) is 94.3 Å². The summed E-state index contributed by atoms with van der Waals surface area (Å²) in [6.07, 6.45) is 22.0. The SMILES string of the molecule is C[C@]12CC=C3C=C4CCC(N5CCCC5)C[C@]45CC[C@]3(O5)[C@@H]1CC[C@@H]2c1ccc2ccncc2c1. The van der Waals surface area contributed by atoms with Crippen LogP contribution in [0.25, 0.3) is 10.8 Å². The van der Waals surface area contributed by atoms with Crippen LogP contribution in [0.5, 0.6) is 0 Å². The van der Waals surface area contributed by atoms with Crippen molar-refractivity contribution in [2.75, 3.05) is 13.1 Å². The Morgan fingerprint density at radius 1 is 1.03 bits per heavy atom. The molecule has 1 aromatic heterocycles. The van der Waals surface area contributed by atoms with Crippen LogP contribution in [0.3, 0.4) is 0 Å². The van der Waals surface area contributed by atoms with Crippen LogP contribution in [-0.4, -0.2) is 40.2 Å². The Labute approximate surface area is 209 Å². The number of fused-ring (bicyclic) bond motifs is 2. The Kier molecular flexibility index (Phi) is 4.41. The molecule has 6 atom stereocenters. The minimum atomic E-state index is -0.0451. The third kappa shape index (κ3) is 2.83. The molecule has 0 radical (unpaired) electrons. The van der Waals surface area contributed by atoms with Crippen LogP contribution < -0.4 is 0 Å². The number of rotatable bonds is 2. The predicted molar refractivity (Wildman–Crippen MR) is 140 cm³/mol. The molecule has 3 heteroatoms. The zero-order valence-electron chi connectivity index (χ0n) is 21.1. The molecular weight excluding hydrogens is 428 g/mol. The summed E-state index contributed by atoms with van der Waals surface area (Å²) in [7, 11) is 0. The van der Waals surface area contributed by atoms with E-state index in [2.05, 4.69) is 53.2 Å². The first kappa shape index (κ1) is 21.1. The van der Waals surface area contributed by atoms with Crippen LogP contribution >= 0.6 is 0 Å². The third-order valence-corrected chi connectivity index (χ3v) is 11.4. The molecular formula is C32H38N2O. The van der Waals surface area contributed by atoms with Crippen molar-refractivity contribution >= 4 is 10.8 Å². The second-order valence-electron chi connectivity index (χ2n) is 12.8. The van der Waals surface area contributed by atoms with Crippen LogP contribution in [0.2, 0.25) is 0 Å². The van der Waals surface area contributed by atoms with Crippen molar-refractivity contribution in [1.82, 2.24) is 9.88 Å². The molecule has 2 saturated heterocycles. The second kappa shape index (κ2) is 7.29. The highest BCUT2D eigenvalue weighted by molar-refractivity contribution is 5.82. The van der Waals surface area contributed by atoms with Gasteiger partial charge in [-0.3, -0.25) is 4.98 Å². The van der Waals surface area contributed by atoms with Gasteiger partial charge in [-0.05, 0) is 129 Å². The zero-order chi connectivity index (χ0) is 23.3. The third-order valence-electron chi connectivity index (χ3n) is 11.4. The molecule has 182 valence electrons. The van der Waals surface area contributed by atoms with E-state index in [1.165, 1.54) is 93.6 Å². The van der Waals surface area contributed by atoms with Gasteiger partial charge in [0.2, 0.25) is 0 Å². The molecule has 0 amide bonds. The number of nitrogens with zero attached hydrogens (tertiary/aromatic N) is 2. The summed E-state index contributed by atoms with van der Waals surface area (Å²) in [5.41, 5.74) is 4.93. The molecule has 2 aromatic rings. The standard InChI is InChI=1S/C32H38N2O/c1-30-12-10-26-19-25-6-7-27(34-16-2-3-17-34)20-31(25)13-14-32(26,35-31)29(30)9-8-28(30)23-5-4-22-11-15-33-21-24(22)18-23/h4-5,10-11,15,18-19,21,27-29H,2-3,6-9,12-14,16-17,20H2,1H3/t27?,28-,29-,30-,31-,32-/m1/s1. The van der Waals surface area contributed by atoms with E-state index in [1.54, 1.807) is 11.1 Å². The molecule has 1 aromatic carbocycles. The highest BCUT2D eigenvalue weighted by atomic mass is 16.5. The number of ether oxygens (including phenoxy) is 1. The topological polar surface area (TPSA) is 25.4 Å². The van der Waals surface area contributed by atoms with Gasteiger partial charge >= 0.3 is 0 Å². The summed E-state index contributed by atoms with van der Waals surface area (Å²) < 4.78 is 7.53. The van der Waals surface area contributed by atoms with Crippen LogP contribution in [0.4, 0.5) is 0 Å². The van der Waals surface area contributed by atoms with Gasteiger partial charge in [0.25, 0.3) is 0 Å². The number of hydrogen-bond donors (Lipinski definition) is 0. The predicted octanol–water partition coefficient (Wildman–Crippen LogP) is 6.94. The van der Waals surface area contributed by atoms with Crippen LogP contribution in [0, 0.1) is 11.3 Å². The Morgan fingerprint density at radius 3 is 2.86 bits per heavy atom. The Morgan fingerprint density at radius 2 is 1.94 bits per heavy atom. The molecule has 2 bridgehead atoms. The van der Waals surface area contributed by atoms with Crippen molar-refractivity contribution in [3.63, 3.8) is 0 Å². The minimum absolute atomic E-state index is 0.0216. The van der Waals surface area contributed by atoms with E-state index in [1.807, 2.05) is 12.4 Å². The largest absolute Gasteiger partial charge is 0.359 e. The maximum Gasteiger partial charge on any atom is 0.0974 e. The smallest absolute Gasteiger partial charge is 0.0974 e. The molecule has 1 unspecified atom stereocenters. The minimum Gasteiger partial charge on any atom is -0.359 e. The first-order chi connectivity index (χ1) is 17.1. The summed E-state index contributed by atoms with van der Waals surface area (Å²) >= 11 is 0. The molecule has 6 aliphatic rings. The van der Waals surface area contributed by atoms with Gasteiger partial charge in [-0.25, -0.2) is 0 Å². The van der Waals surface area contributed by atoms with Crippen molar-refractivity contribution in [2.24, 2.45) is 11.3 Å². The molecule has 2 spiro atoms. The fourth-order valence-electron chi connectivity index (χ4n) is 9.67. The van der Waals surface area contributed by atoms with E-state index in [9.17, 15) is 0 Å². The summed E-state index contributed by atoms with van der Waals surface area (Å²) in [5.74, 6) is 1.22. The van der Waals surface area contributed by atoms with Gasteiger partial charge in [0.05, 0.1) is 11.2 Å². The Hall–Kier alpha value is -1.97. The molecule has 3 nitrogen and oxygen atoms in total. The first-order valence-corrected chi connectivity index (χ1v) is 14.3. The Balaban J connectivity index is 1.15. The van der Waals surface area contributed by atoms with Gasteiger partial charge < -0.3 is 9.64 Å². The fraction of sp³-hybridized carbons (Fsp3) is 0.594. The number of hydrogen-bond acceptors (Lipinski definition) is 3. The lowest BCUT2D eigenvalue weighted by Crippen LogP contribution is -2.55. The summed E-state index contributed by atoms with van der Waals surface area (Å²) in [5, 5.41) is 2.57. The maximum absolute atomic E-state index is 7.53. The van der Waals surface area contributed by atoms with E-state index in [-0.39, 0.29) is 16.6 Å². The summed E-state index contributed by atoms with van der Waals surface area (Å²) in [6.45, 7) is 5.20. The highest BCUT2D eigenvalue weighted by Gasteiger charge is 2.66. The number of benzene rings is 1. The normalized spacial score (nSPS) is 42.4. The molecule has 4 fully saturated rings. The van der Waals surface area contributed by atoms with Crippen molar-refractivity contribution in [3.8, 4) is 0 Å². The van der Waals surface area contributed by atoms with Gasteiger partial charge in [0, 0.05) is 23.8 Å². The fourth-order valence-corrected chi connectivity index (χ4v) is 9.67. The number of aromatic nitrogens is 1. The first-order valence-electron chi connectivity index (χ1n) is 14.3. The maximum atomic E-state index is 7.53. The molecule has 3 aliphatic heterocycles. The number of pyridine rings is 1. The quantitative estimate of drug-likeness (QED) is 0.479. The lowest BCUT2D eigenvalue weighted by Gasteiger charge is -2.55. The van der Waals surface area contributed by atoms with Crippen LogP contribution in [0.15, 0.2) is 60.0 Å². The van der Waals surface area contributed by atoms with E-state index < -0.39 is 0 Å². The van der Waals surface area contributed by atoms with Crippen molar-refractivity contribution in [3.05, 3.63) is 65.5 Å². The van der Waals surface area contributed by atoms with Gasteiger partial charge in [-0.2, -0.15) is 0 Å². The summed E-state index contributed by atoms with van der Waals surface area (Å²) in [4.78, 5) is 7.18. The van der Waals surface area contributed by atoms with E-state index >= 15 is 0 Å². The molecule has 2 saturated carbocycles. The molecule has 8 rings (SSSR count).